The molecule has 148 valence electrons. The first-order valence-corrected chi connectivity index (χ1v) is 12.3. The van der Waals surface area contributed by atoms with E-state index in [9.17, 15) is 4.79 Å². The summed E-state index contributed by atoms with van der Waals surface area (Å²) in [7, 11) is 0. The number of hydrogen-bond acceptors (Lipinski definition) is 5. The Hall–Kier alpha value is -1.47. The first kappa shape index (κ1) is 19.8. The molecule has 6 heteroatoms. The maximum Gasteiger partial charge on any atom is 0.266 e. The molecule has 0 aliphatic carbocycles. The molecule has 4 heterocycles. The van der Waals surface area contributed by atoms with E-state index in [0.717, 1.165) is 28.9 Å². The second-order valence-electron chi connectivity index (χ2n) is 7.59. The molecule has 4 rings (SSSR count). The number of aryl methyl sites for hydroxylation is 1. The van der Waals surface area contributed by atoms with Gasteiger partial charge in [0.25, 0.3) is 5.91 Å². The maximum atomic E-state index is 12.8. The van der Waals surface area contributed by atoms with Gasteiger partial charge in [-0.15, -0.1) is 34.0 Å². The van der Waals surface area contributed by atoms with Gasteiger partial charge in [-0.05, 0) is 74.2 Å². The lowest BCUT2D eigenvalue weighted by Crippen LogP contribution is -2.36. The molecule has 1 fully saturated rings. The van der Waals surface area contributed by atoms with Crippen LogP contribution in [0.1, 0.15) is 56.4 Å². The van der Waals surface area contributed by atoms with Crippen molar-refractivity contribution >= 4 is 44.9 Å². The van der Waals surface area contributed by atoms with Crippen molar-refractivity contribution in [3.8, 4) is 0 Å². The van der Waals surface area contributed by atoms with Crippen LogP contribution in [-0.2, 0) is 0 Å². The van der Waals surface area contributed by atoms with Crippen LogP contribution in [0.2, 0.25) is 0 Å². The molecule has 28 heavy (non-hydrogen) atoms. The molecule has 0 aromatic carbocycles. The Balaban J connectivity index is 1.72. The van der Waals surface area contributed by atoms with Gasteiger partial charge in [-0.1, -0.05) is 19.1 Å². The molecular formula is C22H26N2OS3. The van der Waals surface area contributed by atoms with Crippen molar-refractivity contribution in [2.24, 2.45) is 5.92 Å². The fourth-order valence-electron chi connectivity index (χ4n) is 3.88. The molecule has 3 aromatic rings. The monoisotopic (exact) mass is 430 g/mol. The Bertz CT molecular complexity index is 920. The predicted molar refractivity (Wildman–Crippen MR) is 122 cm³/mol. The topological polar surface area (TPSA) is 32.3 Å². The molecule has 3 nitrogen and oxygen atoms in total. The molecule has 0 spiro atoms. The Labute approximate surface area is 179 Å². The number of piperidine rings is 1. The quantitative estimate of drug-likeness (QED) is 0.497. The number of carbonyl (C=O) groups excluding carboxylic acids is 1. The predicted octanol–water partition coefficient (Wildman–Crippen LogP) is 6.56. The number of amides is 1. The van der Waals surface area contributed by atoms with Crippen molar-refractivity contribution in [2.75, 3.05) is 18.4 Å². The van der Waals surface area contributed by atoms with Crippen LogP contribution in [0.4, 0.5) is 5.00 Å². The molecule has 1 atom stereocenters. The zero-order valence-electron chi connectivity index (χ0n) is 16.5. The van der Waals surface area contributed by atoms with Gasteiger partial charge in [0.2, 0.25) is 0 Å². The molecular weight excluding hydrogens is 404 g/mol. The van der Waals surface area contributed by atoms with Gasteiger partial charge in [-0.3, -0.25) is 9.69 Å². The number of nitrogens with one attached hydrogen (secondary N) is 1. The fraction of sp³-hybridized carbons (Fsp3) is 0.409. The first-order valence-electron chi connectivity index (χ1n) is 9.76. The minimum absolute atomic E-state index is 0.00491. The van der Waals surface area contributed by atoms with Crippen LogP contribution < -0.4 is 5.32 Å². The van der Waals surface area contributed by atoms with Gasteiger partial charge in [0.05, 0.1) is 10.9 Å². The Kier molecular flexibility index (Phi) is 6.01. The summed E-state index contributed by atoms with van der Waals surface area (Å²) >= 11 is 5.01. The molecule has 3 aromatic heterocycles. The van der Waals surface area contributed by atoms with Crippen LogP contribution in [0, 0.1) is 19.8 Å². The number of likely N-dealkylation sites (tertiary alicyclic amines) is 1. The van der Waals surface area contributed by atoms with Crippen molar-refractivity contribution in [1.82, 2.24) is 4.90 Å². The maximum absolute atomic E-state index is 12.8. The van der Waals surface area contributed by atoms with Crippen molar-refractivity contribution in [3.63, 3.8) is 0 Å². The highest BCUT2D eigenvalue weighted by Gasteiger charge is 2.32. The third-order valence-electron chi connectivity index (χ3n) is 5.67. The largest absolute Gasteiger partial charge is 0.313 e. The summed E-state index contributed by atoms with van der Waals surface area (Å²) in [6, 6.07) is 8.41. The summed E-state index contributed by atoms with van der Waals surface area (Å²) < 4.78 is 0. The lowest BCUT2D eigenvalue weighted by Gasteiger charge is -2.37. The molecule has 0 bridgehead atoms. The average Bonchev–Trinajstić information content (AvgIpc) is 3.43. The van der Waals surface area contributed by atoms with Gasteiger partial charge < -0.3 is 5.32 Å². The van der Waals surface area contributed by atoms with Crippen molar-refractivity contribution < 1.29 is 4.79 Å². The van der Waals surface area contributed by atoms with Gasteiger partial charge in [0.1, 0.15) is 5.00 Å². The normalized spacial score (nSPS) is 17.0. The number of hydrogen-bond donors (Lipinski definition) is 1. The van der Waals surface area contributed by atoms with E-state index in [2.05, 4.69) is 48.5 Å². The Morgan fingerprint density at radius 1 is 1.14 bits per heavy atom. The van der Waals surface area contributed by atoms with Crippen LogP contribution in [0.25, 0.3) is 0 Å². The number of nitrogens with zero attached hydrogens (tertiary/aromatic N) is 1. The van der Waals surface area contributed by atoms with Crippen LogP contribution in [-0.4, -0.2) is 23.9 Å². The summed E-state index contributed by atoms with van der Waals surface area (Å²) in [6.07, 6.45) is 2.47. The minimum Gasteiger partial charge on any atom is -0.313 e. The highest BCUT2D eigenvalue weighted by atomic mass is 32.1. The summed E-state index contributed by atoms with van der Waals surface area (Å²) in [6.45, 7) is 8.93. The van der Waals surface area contributed by atoms with E-state index in [1.54, 1.807) is 11.3 Å². The van der Waals surface area contributed by atoms with Gasteiger partial charge in [-0.25, -0.2) is 0 Å². The third kappa shape index (κ3) is 3.96. The van der Waals surface area contributed by atoms with E-state index in [4.69, 9.17) is 0 Å². The van der Waals surface area contributed by atoms with E-state index in [1.165, 1.54) is 45.1 Å². The molecule has 1 saturated heterocycles. The van der Waals surface area contributed by atoms with E-state index in [0.29, 0.717) is 0 Å². The zero-order valence-corrected chi connectivity index (χ0v) is 19.0. The summed E-state index contributed by atoms with van der Waals surface area (Å²) in [5, 5.41) is 8.35. The summed E-state index contributed by atoms with van der Waals surface area (Å²) in [5.41, 5.74) is 2.59. The zero-order chi connectivity index (χ0) is 19.7. The Morgan fingerprint density at radius 2 is 1.86 bits per heavy atom. The molecule has 0 unspecified atom stereocenters. The molecule has 0 saturated carbocycles. The van der Waals surface area contributed by atoms with Crippen molar-refractivity contribution in [2.45, 2.75) is 39.7 Å². The second kappa shape index (κ2) is 8.49. The number of thiophene rings is 3. The van der Waals surface area contributed by atoms with Crippen LogP contribution in [0.3, 0.4) is 0 Å². The van der Waals surface area contributed by atoms with Gasteiger partial charge in [0, 0.05) is 15.3 Å². The molecule has 1 aliphatic rings. The standard InChI is InChI=1S/C22H26N2OS3/c1-14-8-10-24(11-9-14)20(17-6-4-12-26-17)19-15(2)16(3)28-22(19)23-21(25)18-7-5-13-27-18/h4-7,12-14,20H,8-11H2,1-3H3,(H,23,25)/t20-/m0/s1. The van der Waals surface area contributed by atoms with Crippen molar-refractivity contribution in [3.05, 3.63) is 60.8 Å². The molecule has 0 radical (unpaired) electrons. The second-order valence-corrected chi connectivity index (χ2v) is 10.7. The SMILES string of the molecule is Cc1sc(NC(=O)c2cccs2)c([C@H](c2cccs2)N2CCC(C)CC2)c1C. The summed E-state index contributed by atoms with van der Waals surface area (Å²) in [5.74, 6) is 0.790. The number of rotatable bonds is 5. The fourth-order valence-corrected chi connectivity index (χ4v) is 6.45. The number of anilines is 1. The highest BCUT2D eigenvalue weighted by Crippen LogP contribution is 2.44. The van der Waals surface area contributed by atoms with Crippen LogP contribution >= 0.6 is 34.0 Å². The summed E-state index contributed by atoms with van der Waals surface area (Å²) in [4.78, 5) is 18.8. The van der Waals surface area contributed by atoms with Crippen LogP contribution in [0.5, 0.6) is 0 Å². The first-order chi connectivity index (χ1) is 13.5. The lowest BCUT2D eigenvalue weighted by atomic mass is 9.94. The van der Waals surface area contributed by atoms with E-state index >= 15 is 0 Å². The molecule has 1 N–H and O–H groups in total. The van der Waals surface area contributed by atoms with E-state index in [1.807, 2.05) is 28.8 Å². The molecule has 1 amide bonds. The Morgan fingerprint density at radius 3 is 2.50 bits per heavy atom. The molecule has 1 aliphatic heterocycles. The highest BCUT2D eigenvalue weighted by molar-refractivity contribution is 7.17. The third-order valence-corrected chi connectivity index (χ3v) is 8.61. The van der Waals surface area contributed by atoms with Crippen molar-refractivity contribution in [1.29, 1.82) is 0 Å². The van der Waals surface area contributed by atoms with Gasteiger partial charge >= 0.3 is 0 Å². The van der Waals surface area contributed by atoms with Gasteiger partial charge in [0.15, 0.2) is 0 Å². The minimum atomic E-state index is -0.00491. The smallest absolute Gasteiger partial charge is 0.266 e. The van der Waals surface area contributed by atoms with E-state index < -0.39 is 0 Å². The van der Waals surface area contributed by atoms with E-state index in [-0.39, 0.29) is 11.9 Å². The lowest BCUT2D eigenvalue weighted by molar-refractivity contribution is 0.103. The average molecular weight is 431 g/mol. The van der Waals surface area contributed by atoms with Crippen LogP contribution in [0.15, 0.2) is 35.0 Å². The number of carbonyl (C=O) groups is 1. The van der Waals surface area contributed by atoms with Gasteiger partial charge in [-0.2, -0.15) is 0 Å².